The van der Waals surface area contributed by atoms with E-state index in [1.807, 2.05) is 0 Å². The number of nitrogens with zero attached hydrogens (tertiary/aromatic N) is 2. The number of hydrogen-bond acceptors (Lipinski definition) is 4. The van der Waals surface area contributed by atoms with Gasteiger partial charge in [0.15, 0.2) is 0 Å². The van der Waals surface area contributed by atoms with Gasteiger partial charge in [-0.3, -0.25) is 10.1 Å². The van der Waals surface area contributed by atoms with Crippen molar-refractivity contribution in [1.29, 1.82) is 0 Å². The second kappa shape index (κ2) is 4.64. The molecule has 0 radical (unpaired) electrons. The standard InChI is InChI=1S/C7H5F2IN2O3/c1-15-7-4(6(8)9)5(10)3(2-11-7)12(13)14/h2,6H,1H3. The maximum absolute atomic E-state index is 12.6. The molecule has 1 heterocycles. The Morgan fingerprint density at radius 3 is 2.67 bits per heavy atom. The third-order valence-corrected chi connectivity index (χ3v) is 2.74. The number of halogens is 3. The fourth-order valence-electron chi connectivity index (χ4n) is 0.957. The summed E-state index contributed by atoms with van der Waals surface area (Å²) in [4.78, 5) is 13.2. The summed E-state index contributed by atoms with van der Waals surface area (Å²) in [7, 11) is 1.18. The number of rotatable bonds is 3. The molecule has 0 N–H and O–H groups in total. The molecule has 1 aromatic rings. The molecule has 0 saturated carbocycles. The summed E-state index contributed by atoms with van der Waals surface area (Å²) in [6.07, 6.45) is -1.97. The van der Waals surface area contributed by atoms with Crippen molar-refractivity contribution >= 4 is 28.3 Å². The van der Waals surface area contributed by atoms with Crippen molar-refractivity contribution in [2.24, 2.45) is 0 Å². The minimum atomic E-state index is -2.86. The molecule has 5 nitrogen and oxygen atoms in total. The summed E-state index contributed by atoms with van der Waals surface area (Å²) in [5, 5.41) is 10.5. The van der Waals surface area contributed by atoms with Crippen LogP contribution in [0.4, 0.5) is 14.5 Å². The van der Waals surface area contributed by atoms with Gasteiger partial charge in [0.25, 0.3) is 6.43 Å². The van der Waals surface area contributed by atoms with Crippen molar-refractivity contribution in [3.05, 3.63) is 25.4 Å². The Bertz CT molecular complexity index is 400. The highest BCUT2D eigenvalue weighted by atomic mass is 127. The van der Waals surface area contributed by atoms with Gasteiger partial charge in [-0.2, -0.15) is 0 Å². The summed E-state index contributed by atoms with van der Waals surface area (Å²) in [5.41, 5.74) is -1.00. The van der Waals surface area contributed by atoms with Crippen LogP contribution in [0.25, 0.3) is 0 Å². The highest BCUT2D eigenvalue weighted by molar-refractivity contribution is 14.1. The maximum atomic E-state index is 12.6. The molecule has 0 spiro atoms. The van der Waals surface area contributed by atoms with Gasteiger partial charge in [-0.05, 0) is 22.6 Å². The summed E-state index contributed by atoms with van der Waals surface area (Å²) >= 11 is 1.48. The molecular formula is C7H5F2IN2O3. The van der Waals surface area contributed by atoms with Crippen molar-refractivity contribution in [3.63, 3.8) is 0 Å². The predicted octanol–water partition coefficient (Wildman–Crippen LogP) is 2.54. The van der Waals surface area contributed by atoms with Gasteiger partial charge in [-0.15, -0.1) is 0 Å². The Hall–Kier alpha value is -1.06. The zero-order chi connectivity index (χ0) is 11.6. The van der Waals surface area contributed by atoms with E-state index in [0.717, 1.165) is 6.20 Å². The molecule has 0 bridgehead atoms. The van der Waals surface area contributed by atoms with E-state index in [1.165, 1.54) is 29.7 Å². The fraction of sp³-hybridized carbons (Fsp3) is 0.286. The van der Waals surface area contributed by atoms with Crippen LogP contribution in [0.1, 0.15) is 12.0 Å². The van der Waals surface area contributed by atoms with E-state index in [0.29, 0.717) is 0 Å². The van der Waals surface area contributed by atoms with Crippen LogP contribution in [0.15, 0.2) is 6.20 Å². The molecule has 0 saturated heterocycles. The van der Waals surface area contributed by atoms with Gasteiger partial charge in [-0.1, -0.05) is 0 Å². The summed E-state index contributed by atoms with van der Waals surface area (Å²) in [5.74, 6) is -0.292. The molecule has 0 aliphatic heterocycles. The van der Waals surface area contributed by atoms with Crippen molar-refractivity contribution in [2.75, 3.05) is 7.11 Å². The molecule has 82 valence electrons. The molecule has 0 fully saturated rings. The van der Waals surface area contributed by atoms with Gasteiger partial charge in [0.05, 0.1) is 12.0 Å². The van der Waals surface area contributed by atoms with Crippen molar-refractivity contribution in [2.45, 2.75) is 6.43 Å². The van der Waals surface area contributed by atoms with Crippen molar-refractivity contribution < 1.29 is 18.4 Å². The zero-order valence-corrected chi connectivity index (χ0v) is 9.57. The third kappa shape index (κ3) is 2.30. The van der Waals surface area contributed by atoms with Crippen LogP contribution in [0.3, 0.4) is 0 Å². The predicted molar refractivity (Wildman–Crippen MR) is 55.1 cm³/mol. The monoisotopic (exact) mass is 330 g/mol. The second-order valence-corrected chi connectivity index (χ2v) is 3.52. The maximum Gasteiger partial charge on any atom is 0.301 e. The molecule has 0 aliphatic rings. The van der Waals surface area contributed by atoms with Gasteiger partial charge < -0.3 is 4.74 Å². The van der Waals surface area contributed by atoms with Crippen LogP contribution >= 0.6 is 22.6 Å². The van der Waals surface area contributed by atoms with E-state index in [1.54, 1.807) is 0 Å². The minimum Gasteiger partial charge on any atom is -0.481 e. The van der Waals surface area contributed by atoms with Crippen LogP contribution in [0.2, 0.25) is 0 Å². The molecular weight excluding hydrogens is 325 g/mol. The zero-order valence-electron chi connectivity index (χ0n) is 7.41. The summed E-state index contributed by atoms with van der Waals surface area (Å²) < 4.78 is 29.6. The molecule has 0 atom stereocenters. The molecule has 8 heteroatoms. The first-order chi connectivity index (χ1) is 6.99. The van der Waals surface area contributed by atoms with Gasteiger partial charge in [0, 0.05) is 0 Å². The lowest BCUT2D eigenvalue weighted by molar-refractivity contribution is -0.386. The van der Waals surface area contributed by atoms with Crippen molar-refractivity contribution in [1.82, 2.24) is 4.98 Å². The number of aromatic nitrogens is 1. The SMILES string of the molecule is COc1ncc([N+](=O)[O-])c(I)c1C(F)F. The Morgan fingerprint density at radius 1 is 1.67 bits per heavy atom. The van der Waals surface area contributed by atoms with E-state index in [-0.39, 0.29) is 9.45 Å². The van der Waals surface area contributed by atoms with Crippen molar-refractivity contribution in [3.8, 4) is 5.88 Å². The number of nitro groups is 1. The molecule has 15 heavy (non-hydrogen) atoms. The molecule has 1 rings (SSSR count). The van der Waals surface area contributed by atoms with Crippen LogP contribution < -0.4 is 4.74 Å². The minimum absolute atomic E-state index is 0.153. The molecule has 0 unspecified atom stereocenters. The van der Waals surface area contributed by atoms with Crippen LogP contribution in [0.5, 0.6) is 5.88 Å². The fourth-order valence-corrected chi connectivity index (χ4v) is 1.76. The number of ether oxygens (including phenoxy) is 1. The molecule has 0 aliphatic carbocycles. The number of pyridine rings is 1. The average Bonchev–Trinajstić information content (AvgIpc) is 2.15. The first kappa shape index (κ1) is 12.0. The topological polar surface area (TPSA) is 65.3 Å². The van der Waals surface area contributed by atoms with Crippen LogP contribution in [-0.2, 0) is 0 Å². The van der Waals surface area contributed by atoms with E-state index < -0.39 is 22.6 Å². The number of alkyl halides is 2. The Morgan fingerprint density at radius 2 is 2.27 bits per heavy atom. The van der Waals surface area contributed by atoms with Gasteiger partial charge in [-0.25, -0.2) is 13.8 Å². The van der Waals surface area contributed by atoms with Crippen LogP contribution in [-0.4, -0.2) is 17.0 Å². The van der Waals surface area contributed by atoms with Gasteiger partial charge in [0.1, 0.15) is 15.3 Å². The lowest BCUT2D eigenvalue weighted by atomic mass is 10.2. The number of methoxy groups -OCH3 is 1. The normalized spacial score (nSPS) is 10.5. The molecule has 0 amide bonds. The van der Waals surface area contributed by atoms with E-state index in [2.05, 4.69) is 9.72 Å². The smallest absolute Gasteiger partial charge is 0.301 e. The van der Waals surface area contributed by atoms with Gasteiger partial charge >= 0.3 is 5.69 Å². The lowest BCUT2D eigenvalue weighted by Crippen LogP contribution is -2.02. The first-order valence-corrected chi connectivity index (χ1v) is 4.71. The van der Waals surface area contributed by atoms with E-state index >= 15 is 0 Å². The average molecular weight is 330 g/mol. The Labute approximate surface area is 96.7 Å². The highest BCUT2D eigenvalue weighted by Crippen LogP contribution is 2.35. The van der Waals surface area contributed by atoms with E-state index in [9.17, 15) is 18.9 Å². The third-order valence-electron chi connectivity index (χ3n) is 1.60. The molecule has 0 aromatic carbocycles. The summed E-state index contributed by atoms with van der Waals surface area (Å²) in [6.45, 7) is 0. The first-order valence-electron chi connectivity index (χ1n) is 3.64. The quantitative estimate of drug-likeness (QED) is 0.485. The second-order valence-electron chi connectivity index (χ2n) is 2.44. The Balaban J connectivity index is 3.42. The summed E-state index contributed by atoms with van der Waals surface area (Å²) in [6, 6.07) is 0. The lowest BCUT2D eigenvalue weighted by Gasteiger charge is -2.08. The Kier molecular flexibility index (Phi) is 3.72. The van der Waals surface area contributed by atoms with E-state index in [4.69, 9.17) is 0 Å². The van der Waals surface area contributed by atoms with Gasteiger partial charge in [0.2, 0.25) is 5.88 Å². The largest absolute Gasteiger partial charge is 0.481 e. The molecule has 1 aromatic heterocycles. The number of hydrogen-bond donors (Lipinski definition) is 0. The van der Waals surface area contributed by atoms with Crippen LogP contribution in [0, 0.1) is 13.7 Å². The highest BCUT2D eigenvalue weighted by Gasteiger charge is 2.26.